The van der Waals surface area contributed by atoms with Gasteiger partial charge in [0.2, 0.25) is 0 Å². The minimum absolute atomic E-state index is 0.0905. The quantitative estimate of drug-likeness (QED) is 0.767. The molecule has 0 saturated heterocycles. The molecule has 1 aromatic rings. The van der Waals surface area contributed by atoms with Crippen molar-refractivity contribution in [2.24, 2.45) is 5.92 Å². The first-order valence-electron chi connectivity index (χ1n) is 7.10. The molecule has 19 heavy (non-hydrogen) atoms. The van der Waals surface area contributed by atoms with Crippen LogP contribution in [0.1, 0.15) is 50.5 Å². The highest BCUT2D eigenvalue weighted by atomic mass is 19.1. The number of hydrogen-bond acceptors (Lipinski definition) is 2. The summed E-state index contributed by atoms with van der Waals surface area (Å²) in [4.78, 5) is 11.5. The number of halogens is 1. The summed E-state index contributed by atoms with van der Waals surface area (Å²) in [5, 5.41) is 0. The number of esters is 1. The van der Waals surface area contributed by atoms with Gasteiger partial charge in [-0.15, -0.1) is 0 Å². The highest BCUT2D eigenvalue weighted by molar-refractivity contribution is 5.69. The Morgan fingerprint density at radius 3 is 2.74 bits per heavy atom. The number of carbonyl (C=O) groups excluding carboxylic acids is 1. The highest BCUT2D eigenvalue weighted by Gasteiger charge is 2.25. The molecule has 1 aromatic carbocycles. The van der Waals surface area contributed by atoms with Crippen LogP contribution in [0.4, 0.5) is 4.39 Å². The van der Waals surface area contributed by atoms with E-state index in [4.69, 9.17) is 4.74 Å². The van der Waals surface area contributed by atoms with Gasteiger partial charge >= 0.3 is 5.97 Å². The van der Waals surface area contributed by atoms with Crippen molar-refractivity contribution in [3.8, 4) is 0 Å². The Morgan fingerprint density at radius 2 is 2.05 bits per heavy atom. The Hall–Kier alpha value is -1.38. The Kier molecular flexibility index (Phi) is 4.94. The molecule has 0 heterocycles. The lowest BCUT2D eigenvalue weighted by Gasteiger charge is -2.29. The maximum atomic E-state index is 12.9. The van der Waals surface area contributed by atoms with Crippen LogP contribution in [0.5, 0.6) is 0 Å². The second-order valence-corrected chi connectivity index (χ2v) is 5.29. The molecule has 2 nitrogen and oxygen atoms in total. The van der Waals surface area contributed by atoms with Crippen LogP contribution in [0.25, 0.3) is 0 Å². The molecule has 3 heteroatoms. The van der Waals surface area contributed by atoms with E-state index in [9.17, 15) is 9.18 Å². The summed E-state index contributed by atoms with van der Waals surface area (Å²) in [5.74, 6) is 0.575. The Labute approximate surface area is 114 Å². The summed E-state index contributed by atoms with van der Waals surface area (Å²) < 4.78 is 17.9. The maximum Gasteiger partial charge on any atom is 0.306 e. The molecule has 1 aliphatic carbocycles. The topological polar surface area (TPSA) is 26.3 Å². The first kappa shape index (κ1) is 14.0. The second-order valence-electron chi connectivity index (χ2n) is 5.29. The van der Waals surface area contributed by atoms with E-state index in [1.807, 2.05) is 19.1 Å². The van der Waals surface area contributed by atoms with Crippen molar-refractivity contribution in [3.05, 3.63) is 35.6 Å². The van der Waals surface area contributed by atoms with E-state index in [-0.39, 0.29) is 11.8 Å². The minimum atomic E-state index is -0.192. The van der Waals surface area contributed by atoms with Crippen LogP contribution in [0.3, 0.4) is 0 Å². The predicted molar refractivity (Wildman–Crippen MR) is 72.3 cm³/mol. The fourth-order valence-corrected chi connectivity index (χ4v) is 2.97. The van der Waals surface area contributed by atoms with Crippen molar-refractivity contribution >= 4 is 5.97 Å². The molecule has 1 aliphatic rings. The molecule has 1 fully saturated rings. The van der Waals surface area contributed by atoms with Crippen LogP contribution >= 0.6 is 0 Å². The van der Waals surface area contributed by atoms with Gasteiger partial charge in [-0.2, -0.15) is 0 Å². The van der Waals surface area contributed by atoms with Crippen LogP contribution in [0, 0.1) is 11.7 Å². The van der Waals surface area contributed by atoms with E-state index in [1.165, 1.54) is 17.7 Å². The monoisotopic (exact) mass is 264 g/mol. The molecule has 104 valence electrons. The molecule has 0 aliphatic heterocycles. The molecule has 0 N–H and O–H groups in total. The van der Waals surface area contributed by atoms with Crippen molar-refractivity contribution in [1.82, 2.24) is 0 Å². The molecule has 0 amide bonds. The van der Waals surface area contributed by atoms with E-state index in [2.05, 4.69) is 0 Å². The average Bonchev–Trinajstić information content (AvgIpc) is 2.40. The molecule has 2 rings (SSSR count). The van der Waals surface area contributed by atoms with E-state index >= 15 is 0 Å². The summed E-state index contributed by atoms with van der Waals surface area (Å²) in [6.07, 6.45) is 4.88. The summed E-state index contributed by atoms with van der Waals surface area (Å²) in [7, 11) is 0. The SMILES string of the molecule is CCOC(=O)C[C@@H]1CCC[C@H](c2ccc(F)cc2)C1. The third-order valence-electron chi connectivity index (χ3n) is 3.88. The zero-order valence-electron chi connectivity index (χ0n) is 11.4. The van der Waals surface area contributed by atoms with Gasteiger partial charge < -0.3 is 4.74 Å². The van der Waals surface area contributed by atoms with Gasteiger partial charge in [0.25, 0.3) is 0 Å². The zero-order valence-corrected chi connectivity index (χ0v) is 11.4. The van der Waals surface area contributed by atoms with Crippen molar-refractivity contribution in [3.63, 3.8) is 0 Å². The zero-order chi connectivity index (χ0) is 13.7. The fourth-order valence-electron chi connectivity index (χ4n) is 2.97. The predicted octanol–water partition coefficient (Wildman–Crippen LogP) is 4.05. The van der Waals surface area contributed by atoms with Gasteiger partial charge in [0.05, 0.1) is 6.61 Å². The second kappa shape index (κ2) is 6.69. The number of hydrogen-bond donors (Lipinski definition) is 0. The van der Waals surface area contributed by atoms with Gasteiger partial charge in [-0.25, -0.2) is 4.39 Å². The summed E-state index contributed by atoms with van der Waals surface area (Å²) in [6, 6.07) is 6.77. The lowest BCUT2D eigenvalue weighted by molar-refractivity contribution is -0.144. The van der Waals surface area contributed by atoms with E-state index in [0.29, 0.717) is 24.9 Å². The van der Waals surface area contributed by atoms with Gasteiger partial charge in [0.15, 0.2) is 0 Å². The third kappa shape index (κ3) is 4.05. The molecule has 1 saturated carbocycles. The van der Waals surface area contributed by atoms with Gasteiger partial charge in [0.1, 0.15) is 5.82 Å². The van der Waals surface area contributed by atoms with Gasteiger partial charge in [-0.3, -0.25) is 4.79 Å². The van der Waals surface area contributed by atoms with Crippen LogP contribution in [-0.2, 0) is 9.53 Å². The lowest BCUT2D eigenvalue weighted by atomic mass is 9.77. The van der Waals surface area contributed by atoms with E-state index < -0.39 is 0 Å². The Bertz CT molecular complexity index is 413. The molecule has 0 spiro atoms. The van der Waals surface area contributed by atoms with Crippen LogP contribution in [-0.4, -0.2) is 12.6 Å². The summed E-state index contributed by atoms with van der Waals surface area (Å²) in [5.41, 5.74) is 1.19. The third-order valence-corrected chi connectivity index (χ3v) is 3.88. The molecular weight excluding hydrogens is 243 g/mol. The van der Waals surface area contributed by atoms with E-state index in [0.717, 1.165) is 25.7 Å². The largest absolute Gasteiger partial charge is 0.466 e. The van der Waals surface area contributed by atoms with Crippen LogP contribution in [0.2, 0.25) is 0 Å². The van der Waals surface area contributed by atoms with Crippen LogP contribution < -0.4 is 0 Å². The summed E-state index contributed by atoms with van der Waals surface area (Å²) >= 11 is 0. The number of ether oxygens (including phenoxy) is 1. The highest BCUT2D eigenvalue weighted by Crippen LogP contribution is 2.37. The van der Waals surface area contributed by atoms with E-state index in [1.54, 1.807) is 0 Å². The Balaban J connectivity index is 1.93. The maximum absolute atomic E-state index is 12.9. The van der Waals surface area contributed by atoms with Crippen molar-refractivity contribution in [2.75, 3.05) is 6.61 Å². The standard InChI is InChI=1S/C16H21FO2/c1-2-19-16(18)11-12-4-3-5-14(10-12)13-6-8-15(17)9-7-13/h6-9,12,14H,2-5,10-11H2,1H3/t12-,14+/m1/s1. The molecule has 0 bridgehead atoms. The molecule has 2 atom stereocenters. The minimum Gasteiger partial charge on any atom is -0.466 e. The number of rotatable bonds is 4. The van der Waals surface area contributed by atoms with Crippen molar-refractivity contribution < 1.29 is 13.9 Å². The number of benzene rings is 1. The molecule has 0 unspecified atom stereocenters. The van der Waals surface area contributed by atoms with Crippen LogP contribution in [0.15, 0.2) is 24.3 Å². The fraction of sp³-hybridized carbons (Fsp3) is 0.562. The smallest absolute Gasteiger partial charge is 0.306 e. The van der Waals surface area contributed by atoms with Gasteiger partial charge in [-0.05, 0) is 55.7 Å². The first-order chi connectivity index (χ1) is 9.19. The van der Waals surface area contributed by atoms with Gasteiger partial charge in [-0.1, -0.05) is 18.6 Å². The van der Waals surface area contributed by atoms with Crippen molar-refractivity contribution in [2.45, 2.75) is 44.9 Å². The molecule has 0 radical (unpaired) electrons. The normalized spacial score (nSPS) is 23.1. The lowest BCUT2D eigenvalue weighted by Crippen LogP contribution is -2.18. The summed E-state index contributed by atoms with van der Waals surface area (Å²) in [6.45, 7) is 2.28. The number of carbonyl (C=O) groups is 1. The van der Waals surface area contributed by atoms with Gasteiger partial charge in [0, 0.05) is 6.42 Å². The van der Waals surface area contributed by atoms with Crippen molar-refractivity contribution in [1.29, 1.82) is 0 Å². The first-order valence-corrected chi connectivity index (χ1v) is 7.10. The molecule has 0 aromatic heterocycles. The molecular formula is C16H21FO2. The average molecular weight is 264 g/mol. The Morgan fingerprint density at radius 1 is 1.32 bits per heavy atom.